The fourth-order valence-corrected chi connectivity index (χ4v) is 2.55. The highest BCUT2D eigenvalue weighted by atomic mass is 35.5. The fraction of sp³-hybridized carbons (Fsp3) is 0.318. The fourth-order valence-electron chi connectivity index (χ4n) is 2.37. The molecule has 166 valence electrons. The number of carbonyl (C=O) groups excluding carboxylic acids is 2. The molecule has 2 aromatic rings. The van der Waals surface area contributed by atoms with E-state index >= 15 is 0 Å². The van der Waals surface area contributed by atoms with E-state index in [1.807, 2.05) is 30.3 Å². The Morgan fingerprint density at radius 2 is 1.90 bits per heavy atom. The zero-order chi connectivity index (χ0) is 22.9. The first kappa shape index (κ1) is 24.2. The number of rotatable bonds is 8. The Bertz CT molecular complexity index is 913. The van der Waals surface area contributed by atoms with E-state index in [1.54, 1.807) is 20.8 Å². The minimum absolute atomic E-state index is 0.0444. The van der Waals surface area contributed by atoms with Crippen LogP contribution < -0.4 is 10.7 Å². The number of nitrogens with zero attached hydrogens (tertiary/aromatic N) is 1. The molecule has 0 aliphatic heterocycles. The molecule has 0 aromatic heterocycles. The van der Waals surface area contributed by atoms with Crippen LogP contribution in [0.25, 0.3) is 0 Å². The molecular weight excluding hydrogens is 422 g/mol. The Balaban J connectivity index is 2.00. The molecule has 2 rings (SSSR count). The SMILES string of the molecule is CC(C)(C)OC(=O)NC(COCc1ccccc1)C(=O)N/N=C/c1cc(Cl)ccc1O. The van der Waals surface area contributed by atoms with Gasteiger partial charge in [-0.15, -0.1) is 0 Å². The van der Waals surface area contributed by atoms with Crippen molar-refractivity contribution in [1.82, 2.24) is 10.7 Å². The lowest BCUT2D eigenvalue weighted by atomic mass is 10.2. The van der Waals surface area contributed by atoms with Crippen molar-refractivity contribution in [3.8, 4) is 5.75 Å². The molecule has 0 saturated heterocycles. The molecule has 0 bridgehead atoms. The summed E-state index contributed by atoms with van der Waals surface area (Å²) < 4.78 is 10.8. The number of nitrogens with one attached hydrogen (secondary N) is 2. The second-order valence-electron chi connectivity index (χ2n) is 7.64. The van der Waals surface area contributed by atoms with Gasteiger partial charge in [-0.05, 0) is 44.5 Å². The number of hydrazone groups is 1. The van der Waals surface area contributed by atoms with Crippen molar-refractivity contribution < 1.29 is 24.2 Å². The number of phenols is 1. The predicted octanol–water partition coefficient (Wildman–Crippen LogP) is 3.61. The van der Waals surface area contributed by atoms with Gasteiger partial charge in [0, 0.05) is 10.6 Å². The average molecular weight is 448 g/mol. The highest BCUT2D eigenvalue weighted by molar-refractivity contribution is 6.30. The van der Waals surface area contributed by atoms with Gasteiger partial charge < -0.3 is 19.9 Å². The monoisotopic (exact) mass is 447 g/mol. The number of hydrogen-bond donors (Lipinski definition) is 3. The van der Waals surface area contributed by atoms with E-state index in [1.165, 1.54) is 24.4 Å². The first-order chi connectivity index (χ1) is 14.6. The minimum Gasteiger partial charge on any atom is -0.507 e. The third-order valence-corrected chi connectivity index (χ3v) is 4.01. The highest BCUT2D eigenvalue weighted by Crippen LogP contribution is 2.19. The Hall–Kier alpha value is -3.10. The summed E-state index contributed by atoms with van der Waals surface area (Å²) in [6.07, 6.45) is 0.488. The molecule has 0 saturated carbocycles. The summed E-state index contributed by atoms with van der Waals surface area (Å²) in [5, 5.41) is 16.5. The average Bonchev–Trinajstić information content (AvgIpc) is 2.69. The van der Waals surface area contributed by atoms with Crippen molar-refractivity contribution in [1.29, 1.82) is 0 Å². The van der Waals surface area contributed by atoms with Crippen molar-refractivity contribution in [2.45, 2.75) is 39.0 Å². The van der Waals surface area contributed by atoms with Gasteiger partial charge in [0.05, 0.1) is 19.4 Å². The largest absolute Gasteiger partial charge is 0.507 e. The summed E-state index contributed by atoms with van der Waals surface area (Å²) in [6.45, 7) is 5.32. The predicted molar refractivity (Wildman–Crippen MR) is 118 cm³/mol. The first-order valence-corrected chi connectivity index (χ1v) is 9.94. The summed E-state index contributed by atoms with van der Waals surface area (Å²) >= 11 is 5.89. The van der Waals surface area contributed by atoms with Gasteiger partial charge in [0.25, 0.3) is 5.91 Å². The number of amides is 2. The first-order valence-electron chi connectivity index (χ1n) is 9.56. The van der Waals surface area contributed by atoms with Crippen LogP contribution >= 0.6 is 11.6 Å². The van der Waals surface area contributed by atoms with Gasteiger partial charge in [-0.3, -0.25) is 4.79 Å². The zero-order valence-corrected chi connectivity index (χ0v) is 18.3. The van der Waals surface area contributed by atoms with Gasteiger partial charge in [-0.2, -0.15) is 5.10 Å². The Labute approximate surface area is 186 Å². The van der Waals surface area contributed by atoms with E-state index in [0.717, 1.165) is 5.56 Å². The normalized spacial score (nSPS) is 12.4. The third kappa shape index (κ3) is 9.06. The molecule has 9 heteroatoms. The molecular formula is C22H26ClN3O5. The van der Waals surface area contributed by atoms with Gasteiger partial charge in [0.1, 0.15) is 17.4 Å². The molecule has 0 fully saturated rings. The number of hydrogen-bond acceptors (Lipinski definition) is 6. The highest BCUT2D eigenvalue weighted by Gasteiger charge is 2.24. The van der Waals surface area contributed by atoms with E-state index in [4.69, 9.17) is 21.1 Å². The van der Waals surface area contributed by atoms with Crippen LogP contribution in [0.1, 0.15) is 31.9 Å². The molecule has 0 aliphatic rings. The second kappa shape index (κ2) is 11.3. The van der Waals surface area contributed by atoms with Gasteiger partial charge in [0.2, 0.25) is 0 Å². The quantitative estimate of drug-likeness (QED) is 0.423. The number of carbonyl (C=O) groups is 2. The van der Waals surface area contributed by atoms with Crippen molar-refractivity contribution in [2.75, 3.05) is 6.61 Å². The zero-order valence-electron chi connectivity index (χ0n) is 17.6. The summed E-state index contributed by atoms with van der Waals surface area (Å²) in [7, 11) is 0. The molecule has 0 aliphatic carbocycles. The standard InChI is InChI=1S/C22H26ClN3O5/c1-22(2,3)31-21(29)25-18(14-30-13-15-7-5-4-6-8-15)20(28)26-24-12-16-11-17(23)9-10-19(16)27/h4-12,18,27H,13-14H2,1-3H3,(H,25,29)(H,26,28)/b24-12+. The molecule has 31 heavy (non-hydrogen) atoms. The van der Waals surface area contributed by atoms with E-state index in [-0.39, 0.29) is 19.0 Å². The minimum atomic E-state index is -1.05. The maximum atomic E-state index is 12.6. The van der Waals surface area contributed by atoms with Crippen LogP contribution in [0.3, 0.4) is 0 Å². The lowest BCUT2D eigenvalue weighted by molar-refractivity contribution is -0.124. The Morgan fingerprint density at radius 3 is 2.58 bits per heavy atom. The lowest BCUT2D eigenvalue weighted by Crippen LogP contribution is -2.49. The van der Waals surface area contributed by atoms with Gasteiger partial charge in [0.15, 0.2) is 0 Å². The van der Waals surface area contributed by atoms with E-state index in [0.29, 0.717) is 10.6 Å². The smallest absolute Gasteiger partial charge is 0.408 e. The van der Waals surface area contributed by atoms with Gasteiger partial charge in [-0.25, -0.2) is 10.2 Å². The van der Waals surface area contributed by atoms with Crippen molar-refractivity contribution in [3.05, 3.63) is 64.7 Å². The molecule has 3 N–H and O–H groups in total. The lowest BCUT2D eigenvalue weighted by Gasteiger charge is -2.22. The maximum absolute atomic E-state index is 12.6. The molecule has 8 nitrogen and oxygen atoms in total. The summed E-state index contributed by atoms with van der Waals surface area (Å²) in [6, 6.07) is 12.8. The summed E-state index contributed by atoms with van der Waals surface area (Å²) in [5.41, 5.74) is 2.85. The topological polar surface area (TPSA) is 109 Å². The summed E-state index contributed by atoms with van der Waals surface area (Å²) in [5.74, 6) is -0.659. The van der Waals surface area contributed by atoms with E-state index in [9.17, 15) is 14.7 Å². The van der Waals surface area contributed by atoms with Crippen LogP contribution in [-0.2, 0) is 20.9 Å². The molecule has 2 amide bonds. The molecule has 2 aromatic carbocycles. The number of benzene rings is 2. The third-order valence-electron chi connectivity index (χ3n) is 3.77. The second-order valence-corrected chi connectivity index (χ2v) is 8.07. The number of alkyl carbamates (subject to hydrolysis) is 1. The van der Waals surface area contributed by atoms with Crippen LogP contribution in [0, 0.1) is 0 Å². The number of phenolic OH excluding ortho intramolecular Hbond substituents is 1. The van der Waals surface area contributed by atoms with Crippen molar-refractivity contribution in [3.63, 3.8) is 0 Å². The van der Waals surface area contributed by atoms with Crippen molar-refractivity contribution >= 4 is 29.8 Å². The molecule has 1 unspecified atom stereocenters. The van der Waals surface area contributed by atoms with Crippen LogP contribution in [0.5, 0.6) is 5.75 Å². The van der Waals surface area contributed by atoms with Gasteiger partial charge in [-0.1, -0.05) is 41.9 Å². The number of ether oxygens (including phenoxy) is 2. The number of halogens is 1. The van der Waals surface area contributed by atoms with Gasteiger partial charge >= 0.3 is 6.09 Å². The van der Waals surface area contributed by atoms with Crippen LogP contribution in [0.2, 0.25) is 5.02 Å². The number of aromatic hydroxyl groups is 1. The van der Waals surface area contributed by atoms with E-state index in [2.05, 4.69) is 15.8 Å². The summed E-state index contributed by atoms with van der Waals surface area (Å²) in [4.78, 5) is 24.7. The molecule has 0 heterocycles. The Kier molecular flexibility index (Phi) is 8.84. The van der Waals surface area contributed by atoms with Crippen LogP contribution in [-0.4, -0.2) is 41.6 Å². The molecule has 1 atom stereocenters. The van der Waals surface area contributed by atoms with Crippen molar-refractivity contribution in [2.24, 2.45) is 5.10 Å². The molecule has 0 spiro atoms. The maximum Gasteiger partial charge on any atom is 0.408 e. The van der Waals surface area contributed by atoms with E-state index < -0.39 is 23.6 Å². The van der Waals surface area contributed by atoms with Crippen LogP contribution in [0.4, 0.5) is 4.79 Å². The van der Waals surface area contributed by atoms with Crippen LogP contribution in [0.15, 0.2) is 53.6 Å². The Morgan fingerprint density at radius 1 is 1.19 bits per heavy atom. The molecule has 0 radical (unpaired) electrons.